The van der Waals surface area contributed by atoms with Crippen LogP contribution in [0, 0.1) is 22.0 Å². The molecule has 0 saturated carbocycles. The molecule has 0 bridgehead atoms. The van der Waals surface area contributed by atoms with E-state index >= 15 is 0 Å². The molecule has 0 saturated heterocycles. The molecule has 146 valence electrons. The predicted octanol–water partition coefficient (Wildman–Crippen LogP) is 2.69. The lowest BCUT2D eigenvalue weighted by Crippen LogP contribution is -2.21. The number of hydrogen-bond acceptors (Lipinski definition) is 7. The number of hydroxylamine groups is 1. The molecule has 1 aromatic carbocycles. The Morgan fingerprint density at radius 1 is 1.38 bits per heavy atom. The number of amides is 1. The summed E-state index contributed by atoms with van der Waals surface area (Å²) in [6.07, 6.45) is 4.66. The highest BCUT2D eigenvalue weighted by Gasteiger charge is 2.23. The molecule has 2 aromatic rings. The first-order valence-electron chi connectivity index (χ1n) is 8.30. The smallest absolute Gasteiger partial charge is 0.283 e. The van der Waals surface area contributed by atoms with Crippen molar-refractivity contribution in [1.29, 1.82) is 5.26 Å². The molecule has 9 nitrogen and oxygen atoms in total. The standard InChI is InChI=1S/C19H15IN5O4/c1-11-16(18(26)22-13-4-3-7-25(27)10-13)19(24-23-17(11)20)29-14-6-5-12(9-21)8-15(14)28-2/h3-8,27H,10H2,1-2H3/q+1. The van der Waals surface area contributed by atoms with E-state index in [4.69, 9.17) is 14.7 Å². The minimum atomic E-state index is -0.576. The summed E-state index contributed by atoms with van der Waals surface area (Å²) < 4.78 is 12.5. The lowest BCUT2D eigenvalue weighted by molar-refractivity contribution is -0.761. The number of carbonyl (C=O) groups excluding carboxylic acids is 1. The van der Waals surface area contributed by atoms with E-state index < -0.39 is 5.91 Å². The molecule has 2 heterocycles. The number of methoxy groups -OCH3 is 1. The summed E-state index contributed by atoms with van der Waals surface area (Å²) in [7, 11) is 1.44. The van der Waals surface area contributed by atoms with E-state index in [1.807, 2.05) is 28.7 Å². The van der Waals surface area contributed by atoms with E-state index in [0.717, 1.165) is 4.74 Å². The van der Waals surface area contributed by atoms with Gasteiger partial charge in [-0.3, -0.25) is 10.0 Å². The van der Waals surface area contributed by atoms with Crippen molar-refractivity contribution in [2.24, 2.45) is 4.99 Å². The van der Waals surface area contributed by atoms with E-state index in [0.29, 0.717) is 26.3 Å². The number of aromatic nitrogens is 2. The van der Waals surface area contributed by atoms with Crippen molar-refractivity contribution < 1.29 is 24.2 Å². The molecule has 0 spiro atoms. The van der Waals surface area contributed by atoms with Crippen LogP contribution >= 0.6 is 22.6 Å². The van der Waals surface area contributed by atoms with Crippen LogP contribution in [0.15, 0.2) is 35.3 Å². The zero-order chi connectivity index (χ0) is 21.0. The Hall–Kier alpha value is -3.33. The molecule has 10 heteroatoms. The molecule has 1 amide bonds. The molecule has 0 aliphatic carbocycles. The molecule has 3 rings (SSSR count). The Balaban J connectivity index is 2.02. The average molecular weight is 504 g/mol. The number of hydrogen-bond donors (Lipinski definition) is 1. The summed E-state index contributed by atoms with van der Waals surface area (Å²) in [4.78, 5) is 17.0. The average Bonchev–Trinajstić information content (AvgIpc) is 2.71. The normalized spacial score (nSPS) is 14.3. The third kappa shape index (κ3) is 4.57. The van der Waals surface area contributed by atoms with Crippen molar-refractivity contribution in [2.45, 2.75) is 6.92 Å². The fourth-order valence-corrected chi connectivity index (χ4v) is 2.89. The van der Waals surface area contributed by atoms with Crippen LogP contribution in [0.5, 0.6) is 17.4 Å². The summed E-state index contributed by atoms with van der Waals surface area (Å²) in [6.45, 7) is 1.80. The largest absolute Gasteiger partial charge is 0.493 e. The highest BCUT2D eigenvalue weighted by atomic mass is 127. The van der Waals surface area contributed by atoms with Crippen molar-refractivity contribution in [3.8, 4) is 23.4 Å². The number of aliphatic imine (C=N–C) groups is 1. The number of ether oxygens (including phenoxy) is 2. The first-order valence-corrected chi connectivity index (χ1v) is 9.38. The first-order chi connectivity index (χ1) is 13.9. The van der Waals surface area contributed by atoms with Gasteiger partial charge in [0.2, 0.25) is 12.8 Å². The van der Waals surface area contributed by atoms with Crippen LogP contribution in [-0.4, -0.2) is 51.6 Å². The molecule has 0 radical (unpaired) electrons. The number of nitriles is 1. The maximum Gasteiger partial charge on any atom is 0.283 e. The molecule has 1 aliphatic heterocycles. The maximum absolute atomic E-state index is 12.9. The van der Waals surface area contributed by atoms with Crippen molar-refractivity contribution in [2.75, 3.05) is 13.7 Å². The van der Waals surface area contributed by atoms with Crippen LogP contribution < -0.4 is 9.47 Å². The molecular formula is C19H15IN5O4+. The predicted molar refractivity (Wildman–Crippen MR) is 111 cm³/mol. The number of carbonyl (C=O) groups is 1. The lowest BCUT2D eigenvalue weighted by atomic mass is 10.1. The van der Waals surface area contributed by atoms with Gasteiger partial charge >= 0.3 is 0 Å². The van der Waals surface area contributed by atoms with Crippen LogP contribution in [0.2, 0.25) is 0 Å². The van der Waals surface area contributed by atoms with Gasteiger partial charge in [0.1, 0.15) is 15.0 Å². The molecule has 1 aliphatic rings. The van der Waals surface area contributed by atoms with Crippen molar-refractivity contribution in [3.63, 3.8) is 0 Å². The van der Waals surface area contributed by atoms with E-state index in [1.54, 1.807) is 31.2 Å². The van der Waals surface area contributed by atoms with Crippen LogP contribution in [0.3, 0.4) is 0 Å². The third-order valence-corrected chi connectivity index (χ3v) is 4.98. The Kier molecular flexibility index (Phi) is 6.18. The van der Waals surface area contributed by atoms with Crippen LogP contribution in [0.1, 0.15) is 21.5 Å². The van der Waals surface area contributed by atoms with Gasteiger partial charge in [-0.15, -0.1) is 10.2 Å². The Morgan fingerprint density at radius 3 is 2.86 bits per heavy atom. The number of nitrogens with zero attached hydrogens (tertiary/aromatic N) is 5. The Labute approximate surface area is 179 Å². The van der Waals surface area contributed by atoms with Gasteiger partial charge in [-0.1, -0.05) is 0 Å². The summed E-state index contributed by atoms with van der Waals surface area (Å²) in [5.41, 5.74) is 1.49. The fraction of sp³-hybridized carbons (Fsp3) is 0.158. The van der Waals surface area contributed by atoms with Crippen LogP contribution in [0.4, 0.5) is 0 Å². The second kappa shape index (κ2) is 8.78. The van der Waals surface area contributed by atoms with Gasteiger partial charge in [-0.2, -0.15) is 5.26 Å². The minimum absolute atomic E-state index is 0.0347. The van der Waals surface area contributed by atoms with Crippen molar-refractivity contribution >= 4 is 40.4 Å². The zero-order valence-corrected chi connectivity index (χ0v) is 17.6. The maximum atomic E-state index is 12.9. The van der Waals surface area contributed by atoms with Gasteiger partial charge in [-0.25, -0.2) is 4.99 Å². The number of allylic oxidation sites excluding steroid dienone is 1. The highest BCUT2D eigenvalue weighted by molar-refractivity contribution is 14.1. The van der Waals surface area contributed by atoms with E-state index in [2.05, 4.69) is 15.2 Å². The minimum Gasteiger partial charge on any atom is -0.493 e. The number of benzene rings is 1. The quantitative estimate of drug-likeness (QED) is 0.386. The van der Waals surface area contributed by atoms with Crippen LogP contribution in [-0.2, 0) is 0 Å². The highest BCUT2D eigenvalue weighted by Crippen LogP contribution is 2.34. The van der Waals surface area contributed by atoms with Crippen molar-refractivity contribution in [1.82, 2.24) is 10.2 Å². The summed E-state index contributed by atoms with van der Waals surface area (Å²) in [5.74, 6) is -0.0226. The summed E-state index contributed by atoms with van der Waals surface area (Å²) in [5, 5.41) is 26.6. The molecule has 0 fully saturated rings. The van der Waals surface area contributed by atoms with Gasteiger partial charge < -0.3 is 9.47 Å². The zero-order valence-electron chi connectivity index (χ0n) is 15.5. The first kappa shape index (κ1) is 20.4. The molecule has 0 atom stereocenters. The van der Waals surface area contributed by atoms with Gasteiger partial charge in [0.05, 0.1) is 18.7 Å². The SMILES string of the molecule is COc1cc(C#N)ccc1Oc1nnc(I)c(C)c1C(=O)N=C1C=CC=[N+](O)C1. The van der Waals surface area contributed by atoms with Gasteiger partial charge in [-0.05, 0) is 52.5 Å². The van der Waals surface area contributed by atoms with E-state index in [1.165, 1.54) is 19.4 Å². The number of rotatable bonds is 4. The van der Waals surface area contributed by atoms with Crippen molar-refractivity contribution in [3.05, 3.63) is 50.7 Å². The molecule has 1 N–H and O–H groups in total. The topological polar surface area (TPSA) is 121 Å². The van der Waals surface area contributed by atoms with Gasteiger partial charge in [0, 0.05) is 17.7 Å². The number of halogens is 1. The Bertz CT molecular complexity index is 1120. The molecule has 0 unspecified atom stereocenters. The molecular weight excluding hydrogens is 489 g/mol. The van der Waals surface area contributed by atoms with Crippen LogP contribution in [0.25, 0.3) is 0 Å². The second-order valence-corrected chi connectivity index (χ2v) is 6.91. The second-order valence-electron chi connectivity index (χ2n) is 5.89. The summed E-state index contributed by atoms with van der Waals surface area (Å²) >= 11 is 1.97. The van der Waals surface area contributed by atoms with E-state index in [-0.39, 0.29) is 23.7 Å². The summed E-state index contributed by atoms with van der Waals surface area (Å²) in [6, 6.07) is 6.65. The molecule has 29 heavy (non-hydrogen) atoms. The van der Waals surface area contributed by atoms with Gasteiger partial charge in [0.25, 0.3) is 11.8 Å². The van der Waals surface area contributed by atoms with E-state index in [9.17, 15) is 10.0 Å². The lowest BCUT2D eigenvalue weighted by Gasteiger charge is -2.13. The third-order valence-electron chi connectivity index (χ3n) is 3.96. The molecule has 1 aromatic heterocycles. The Morgan fingerprint density at radius 2 is 2.17 bits per heavy atom. The fourth-order valence-electron chi connectivity index (χ4n) is 2.51. The van der Waals surface area contributed by atoms with Gasteiger partial charge in [0.15, 0.2) is 11.5 Å². The monoisotopic (exact) mass is 504 g/mol.